The van der Waals surface area contributed by atoms with Crippen molar-refractivity contribution in [1.29, 1.82) is 0 Å². The van der Waals surface area contributed by atoms with Gasteiger partial charge in [0.25, 0.3) is 0 Å². The summed E-state index contributed by atoms with van der Waals surface area (Å²) in [4.78, 5) is 0. The molecule has 0 aliphatic carbocycles. The van der Waals surface area contributed by atoms with Gasteiger partial charge in [-0.2, -0.15) is 0 Å². The molecule has 2 unspecified atom stereocenters. The van der Waals surface area contributed by atoms with E-state index in [1.54, 1.807) is 0 Å². The van der Waals surface area contributed by atoms with Gasteiger partial charge in [-0.3, -0.25) is 0 Å². The van der Waals surface area contributed by atoms with Gasteiger partial charge in [0.1, 0.15) is 0 Å². The SMILES string of the molecule is CC(C)C(CCN)C1CCCO1. The zero-order chi connectivity index (χ0) is 8.97. The average Bonchev–Trinajstić information content (AvgIpc) is 2.51. The fraction of sp³-hybridized carbons (Fsp3) is 1.00. The second-order valence-electron chi connectivity index (χ2n) is 4.04. The van der Waals surface area contributed by atoms with Gasteiger partial charge in [0.2, 0.25) is 0 Å². The van der Waals surface area contributed by atoms with Gasteiger partial charge in [-0.1, -0.05) is 13.8 Å². The highest BCUT2D eigenvalue weighted by Gasteiger charge is 2.27. The summed E-state index contributed by atoms with van der Waals surface area (Å²) in [5.41, 5.74) is 5.58. The molecule has 0 aromatic carbocycles. The second kappa shape index (κ2) is 4.83. The van der Waals surface area contributed by atoms with Crippen molar-refractivity contribution < 1.29 is 4.74 Å². The van der Waals surface area contributed by atoms with Crippen molar-refractivity contribution in [3.05, 3.63) is 0 Å². The lowest BCUT2D eigenvalue weighted by atomic mass is 9.86. The molecule has 1 saturated heterocycles. The predicted molar refractivity (Wildman–Crippen MR) is 51.0 cm³/mol. The molecule has 2 atom stereocenters. The van der Waals surface area contributed by atoms with Crippen molar-refractivity contribution >= 4 is 0 Å². The molecule has 72 valence electrons. The van der Waals surface area contributed by atoms with E-state index in [1.165, 1.54) is 12.8 Å². The largest absolute Gasteiger partial charge is 0.378 e. The summed E-state index contributed by atoms with van der Waals surface area (Å²) < 4.78 is 5.67. The molecule has 1 aliphatic heterocycles. The summed E-state index contributed by atoms with van der Waals surface area (Å²) in [7, 11) is 0. The number of ether oxygens (including phenoxy) is 1. The Labute approximate surface area is 75.5 Å². The third kappa shape index (κ3) is 2.46. The van der Waals surface area contributed by atoms with Crippen molar-refractivity contribution in [1.82, 2.24) is 0 Å². The first-order valence-corrected chi connectivity index (χ1v) is 5.07. The lowest BCUT2D eigenvalue weighted by molar-refractivity contribution is 0.0417. The van der Waals surface area contributed by atoms with Crippen LogP contribution in [0.1, 0.15) is 33.1 Å². The predicted octanol–water partition coefficient (Wildman–Crippen LogP) is 1.79. The Morgan fingerprint density at radius 3 is 2.67 bits per heavy atom. The molecule has 0 spiro atoms. The zero-order valence-corrected chi connectivity index (χ0v) is 8.25. The fourth-order valence-corrected chi connectivity index (χ4v) is 2.08. The minimum Gasteiger partial charge on any atom is -0.378 e. The van der Waals surface area contributed by atoms with Gasteiger partial charge in [-0.05, 0) is 37.6 Å². The standard InChI is InChI=1S/C10H21NO/c1-8(2)9(5-6-11)10-4-3-7-12-10/h8-10H,3-7,11H2,1-2H3. The molecule has 0 aromatic rings. The van der Waals surface area contributed by atoms with Crippen LogP contribution in [-0.4, -0.2) is 19.3 Å². The van der Waals surface area contributed by atoms with E-state index in [4.69, 9.17) is 10.5 Å². The van der Waals surface area contributed by atoms with Gasteiger partial charge < -0.3 is 10.5 Å². The maximum Gasteiger partial charge on any atom is 0.0607 e. The molecule has 1 heterocycles. The highest BCUT2D eigenvalue weighted by atomic mass is 16.5. The monoisotopic (exact) mass is 171 g/mol. The molecular weight excluding hydrogens is 150 g/mol. The number of hydrogen-bond donors (Lipinski definition) is 1. The molecule has 1 rings (SSSR count). The number of hydrogen-bond acceptors (Lipinski definition) is 2. The van der Waals surface area contributed by atoms with Crippen LogP contribution >= 0.6 is 0 Å². The third-order valence-electron chi connectivity index (χ3n) is 2.80. The Morgan fingerprint density at radius 1 is 1.50 bits per heavy atom. The van der Waals surface area contributed by atoms with Gasteiger partial charge in [0.15, 0.2) is 0 Å². The molecule has 0 aromatic heterocycles. The average molecular weight is 171 g/mol. The van der Waals surface area contributed by atoms with Crippen molar-refractivity contribution in [3.63, 3.8) is 0 Å². The molecule has 2 N–H and O–H groups in total. The summed E-state index contributed by atoms with van der Waals surface area (Å²) in [5.74, 6) is 1.38. The summed E-state index contributed by atoms with van der Waals surface area (Å²) in [6.45, 7) is 6.28. The second-order valence-corrected chi connectivity index (χ2v) is 4.04. The van der Waals surface area contributed by atoms with E-state index >= 15 is 0 Å². The zero-order valence-electron chi connectivity index (χ0n) is 8.25. The Balaban J connectivity index is 2.40. The van der Waals surface area contributed by atoms with Crippen LogP contribution < -0.4 is 5.73 Å². The van der Waals surface area contributed by atoms with E-state index in [9.17, 15) is 0 Å². The fourth-order valence-electron chi connectivity index (χ4n) is 2.08. The first-order chi connectivity index (χ1) is 5.75. The molecule has 1 aliphatic rings. The molecule has 1 fully saturated rings. The maximum absolute atomic E-state index is 5.67. The molecule has 0 radical (unpaired) electrons. The van der Waals surface area contributed by atoms with Crippen molar-refractivity contribution in [3.8, 4) is 0 Å². The van der Waals surface area contributed by atoms with E-state index in [0.29, 0.717) is 17.9 Å². The van der Waals surface area contributed by atoms with Crippen LogP contribution in [0.4, 0.5) is 0 Å². The smallest absolute Gasteiger partial charge is 0.0607 e. The van der Waals surface area contributed by atoms with E-state index in [0.717, 1.165) is 19.6 Å². The van der Waals surface area contributed by atoms with E-state index in [2.05, 4.69) is 13.8 Å². The van der Waals surface area contributed by atoms with Gasteiger partial charge in [-0.25, -0.2) is 0 Å². The molecule has 0 bridgehead atoms. The quantitative estimate of drug-likeness (QED) is 0.700. The van der Waals surface area contributed by atoms with Gasteiger partial charge in [0, 0.05) is 6.61 Å². The van der Waals surface area contributed by atoms with Crippen LogP contribution in [0.3, 0.4) is 0 Å². The van der Waals surface area contributed by atoms with Crippen LogP contribution in [0.25, 0.3) is 0 Å². The molecule has 12 heavy (non-hydrogen) atoms. The van der Waals surface area contributed by atoms with Crippen molar-refractivity contribution in [2.75, 3.05) is 13.2 Å². The molecule has 0 saturated carbocycles. The van der Waals surface area contributed by atoms with Gasteiger partial charge >= 0.3 is 0 Å². The van der Waals surface area contributed by atoms with Crippen LogP contribution in [0.15, 0.2) is 0 Å². The topological polar surface area (TPSA) is 35.2 Å². The van der Waals surface area contributed by atoms with Crippen molar-refractivity contribution in [2.24, 2.45) is 17.6 Å². The normalized spacial score (nSPS) is 26.5. The summed E-state index contributed by atoms with van der Waals surface area (Å²) >= 11 is 0. The van der Waals surface area contributed by atoms with Crippen LogP contribution in [0.5, 0.6) is 0 Å². The maximum atomic E-state index is 5.67. The summed E-state index contributed by atoms with van der Waals surface area (Å²) in [5, 5.41) is 0. The highest BCUT2D eigenvalue weighted by molar-refractivity contribution is 4.77. The lowest BCUT2D eigenvalue weighted by Gasteiger charge is -2.25. The first kappa shape index (κ1) is 10.0. The summed E-state index contributed by atoms with van der Waals surface area (Å²) in [6, 6.07) is 0. The van der Waals surface area contributed by atoms with Crippen LogP contribution in [0, 0.1) is 11.8 Å². The Kier molecular flexibility index (Phi) is 4.02. The van der Waals surface area contributed by atoms with Crippen LogP contribution in [0.2, 0.25) is 0 Å². The molecule has 2 heteroatoms. The first-order valence-electron chi connectivity index (χ1n) is 5.07. The molecule has 2 nitrogen and oxygen atoms in total. The Hall–Kier alpha value is -0.0800. The van der Waals surface area contributed by atoms with Crippen molar-refractivity contribution in [2.45, 2.75) is 39.2 Å². The van der Waals surface area contributed by atoms with E-state index in [1.807, 2.05) is 0 Å². The lowest BCUT2D eigenvalue weighted by Crippen LogP contribution is -2.27. The number of rotatable bonds is 4. The van der Waals surface area contributed by atoms with E-state index < -0.39 is 0 Å². The molecular formula is C10H21NO. The number of nitrogens with two attached hydrogens (primary N) is 1. The minimum absolute atomic E-state index is 0.494. The van der Waals surface area contributed by atoms with Gasteiger partial charge in [0.05, 0.1) is 6.10 Å². The van der Waals surface area contributed by atoms with Gasteiger partial charge in [-0.15, -0.1) is 0 Å². The van der Waals surface area contributed by atoms with E-state index in [-0.39, 0.29) is 0 Å². The Morgan fingerprint density at radius 2 is 2.25 bits per heavy atom. The Bertz CT molecular complexity index is 119. The molecule has 0 amide bonds. The summed E-state index contributed by atoms with van der Waals surface area (Å²) in [6.07, 6.45) is 4.08. The third-order valence-corrected chi connectivity index (χ3v) is 2.80. The highest BCUT2D eigenvalue weighted by Crippen LogP contribution is 2.28. The minimum atomic E-state index is 0.494. The van der Waals surface area contributed by atoms with Crippen LogP contribution in [-0.2, 0) is 4.74 Å².